The SMILES string of the molecule is FC1=C=CC=C=C1.[Br-].[Br-].[Zn].[Zn]. The molecule has 54 valence electrons. The maximum atomic E-state index is 11.8. The van der Waals surface area contributed by atoms with Crippen molar-refractivity contribution in [2.45, 2.75) is 0 Å². The van der Waals surface area contributed by atoms with Gasteiger partial charge in [0.25, 0.3) is 0 Å². The third-order valence-electron chi connectivity index (χ3n) is 0.611. The molecule has 0 spiro atoms. The Labute approximate surface area is 112 Å². The molecular formula is C6H3Br2FZn2-2. The van der Waals surface area contributed by atoms with E-state index in [-0.39, 0.29) is 78.7 Å². The molecule has 0 heterocycles. The van der Waals surface area contributed by atoms with Crippen molar-refractivity contribution in [1.29, 1.82) is 0 Å². The van der Waals surface area contributed by atoms with Crippen molar-refractivity contribution in [3.8, 4) is 0 Å². The van der Waals surface area contributed by atoms with Crippen LogP contribution in [0.2, 0.25) is 0 Å². The van der Waals surface area contributed by atoms with E-state index in [0.29, 0.717) is 0 Å². The van der Waals surface area contributed by atoms with Crippen LogP contribution in [-0.4, -0.2) is 0 Å². The molecule has 0 aliphatic heterocycles. The van der Waals surface area contributed by atoms with Crippen molar-refractivity contribution in [3.05, 3.63) is 35.5 Å². The van der Waals surface area contributed by atoms with Crippen LogP contribution in [0.4, 0.5) is 4.39 Å². The van der Waals surface area contributed by atoms with Gasteiger partial charge in [-0.25, -0.2) is 0 Å². The van der Waals surface area contributed by atoms with Crippen LogP contribution in [0.25, 0.3) is 0 Å². The number of allylic oxidation sites excluding steroid dienone is 2. The molecule has 0 N–H and O–H groups in total. The first-order chi connectivity index (χ1) is 3.39. The van der Waals surface area contributed by atoms with E-state index in [2.05, 4.69) is 11.5 Å². The zero-order valence-corrected chi connectivity index (χ0v) is 14.9. The van der Waals surface area contributed by atoms with Gasteiger partial charge >= 0.3 is 0 Å². The minimum absolute atomic E-state index is 0. The molecule has 0 saturated heterocycles. The van der Waals surface area contributed by atoms with Gasteiger partial charge in [-0.15, -0.1) is 5.73 Å². The molecule has 0 aromatic rings. The predicted octanol–water partition coefficient (Wildman–Crippen LogP) is -4.28. The fourth-order valence-corrected chi connectivity index (χ4v) is 0.332. The fourth-order valence-electron chi connectivity index (χ4n) is 0.332. The Kier molecular flexibility index (Phi) is 28.4. The van der Waals surface area contributed by atoms with Crippen molar-refractivity contribution >= 4 is 0 Å². The van der Waals surface area contributed by atoms with Gasteiger partial charge < -0.3 is 34.0 Å². The Morgan fingerprint density at radius 1 is 1.09 bits per heavy atom. The van der Waals surface area contributed by atoms with Gasteiger partial charge in [-0.3, -0.25) is 0 Å². The van der Waals surface area contributed by atoms with Gasteiger partial charge in [-0.2, -0.15) is 4.39 Å². The molecule has 0 unspecified atom stereocenters. The molecule has 1 rings (SSSR count). The average molecular weight is 385 g/mol. The standard InChI is InChI=1S/C6H3F.2BrH.2Zn/c7-6-4-2-1-3-5-6;;;;/h1-2,5H;2*1H;;/p-2. The van der Waals surface area contributed by atoms with Crippen LogP contribution in [0.3, 0.4) is 0 Å². The third-order valence-corrected chi connectivity index (χ3v) is 0.611. The van der Waals surface area contributed by atoms with E-state index < -0.39 is 0 Å². The molecule has 0 nitrogen and oxygen atoms in total. The van der Waals surface area contributed by atoms with Gasteiger partial charge in [0.15, 0.2) is 5.83 Å². The van der Waals surface area contributed by atoms with E-state index in [9.17, 15) is 4.39 Å². The van der Waals surface area contributed by atoms with Crippen LogP contribution in [0, 0.1) is 0 Å². The van der Waals surface area contributed by atoms with Gasteiger partial charge in [0.1, 0.15) is 0 Å². The van der Waals surface area contributed by atoms with E-state index in [1.54, 1.807) is 6.08 Å². The van der Waals surface area contributed by atoms with E-state index in [1.807, 2.05) is 0 Å². The maximum absolute atomic E-state index is 11.8. The summed E-state index contributed by atoms with van der Waals surface area (Å²) in [6, 6.07) is 0. The molecule has 0 bridgehead atoms. The molecule has 5 heteroatoms. The summed E-state index contributed by atoms with van der Waals surface area (Å²) in [4.78, 5) is 0. The van der Waals surface area contributed by atoms with E-state index in [1.165, 1.54) is 12.2 Å². The quantitative estimate of drug-likeness (QED) is 0.293. The second kappa shape index (κ2) is 13.7. The maximum Gasteiger partial charge on any atom is 0.173 e. The van der Waals surface area contributed by atoms with Crippen LogP contribution >= 0.6 is 0 Å². The Bertz CT molecular complexity index is 201. The second-order valence-electron chi connectivity index (χ2n) is 1.14. The largest absolute Gasteiger partial charge is 1.00 e. The molecule has 0 atom stereocenters. The minimum atomic E-state index is -0.359. The van der Waals surface area contributed by atoms with Crippen molar-refractivity contribution in [1.82, 2.24) is 0 Å². The first-order valence-corrected chi connectivity index (χ1v) is 1.93. The average Bonchev–Trinajstić information content (AvgIpc) is 1.69. The third kappa shape index (κ3) is 11.2. The first-order valence-electron chi connectivity index (χ1n) is 1.93. The molecule has 1 aliphatic carbocycles. The smallest absolute Gasteiger partial charge is 0.173 e. The normalized spacial score (nSPS) is 9.36. The Morgan fingerprint density at radius 3 is 1.82 bits per heavy atom. The minimum Gasteiger partial charge on any atom is -1.00 e. The second-order valence-corrected chi connectivity index (χ2v) is 1.14. The van der Waals surface area contributed by atoms with Gasteiger partial charge in [0, 0.05) is 45.0 Å². The van der Waals surface area contributed by atoms with Gasteiger partial charge in [0.05, 0.1) is 0 Å². The van der Waals surface area contributed by atoms with Gasteiger partial charge in [-0.1, -0.05) is 5.73 Å². The van der Waals surface area contributed by atoms with Crippen molar-refractivity contribution in [2.75, 3.05) is 0 Å². The fraction of sp³-hybridized carbons (Fsp3) is 0. The van der Waals surface area contributed by atoms with Crippen LogP contribution in [0.15, 0.2) is 35.5 Å². The zero-order valence-electron chi connectivity index (χ0n) is 5.78. The Hall–Kier alpha value is 1.18. The Balaban J connectivity index is -0.0000000612. The summed E-state index contributed by atoms with van der Waals surface area (Å²) in [7, 11) is 0. The molecule has 1 aliphatic rings. The summed E-state index contributed by atoms with van der Waals surface area (Å²) in [5, 5.41) is 0. The topological polar surface area (TPSA) is 0 Å². The molecule has 0 saturated carbocycles. The number of hydrogen-bond donors (Lipinski definition) is 0. The van der Waals surface area contributed by atoms with Gasteiger partial charge in [0.2, 0.25) is 0 Å². The molecule has 0 fully saturated rings. The number of hydrogen-bond acceptors (Lipinski definition) is 0. The molecule has 11 heavy (non-hydrogen) atoms. The molecule has 0 amide bonds. The summed E-state index contributed by atoms with van der Waals surface area (Å²) >= 11 is 0. The Morgan fingerprint density at radius 2 is 1.64 bits per heavy atom. The summed E-state index contributed by atoms with van der Waals surface area (Å²) in [6.45, 7) is 0. The van der Waals surface area contributed by atoms with Crippen molar-refractivity contribution in [3.63, 3.8) is 0 Å². The summed E-state index contributed by atoms with van der Waals surface area (Å²) < 4.78 is 11.8. The van der Waals surface area contributed by atoms with Gasteiger partial charge in [-0.05, 0) is 12.2 Å². The number of halogens is 3. The van der Waals surface area contributed by atoms with Crippen LogP contribution in [0.1, 0.15) is 0 Å². The zero-order chi connectivity index (χ0) is 5.11. The summed E-state index contributed by atoms with van der Waals surface area (Å²) in [5.74, 6) is -0.359. The van der Waals surface area contributed by atoms with Crippen molar-refractivity contribution < 1.29 is 77.3 Å². The molecule has 0 aromatic heterocycles. The monoisotopic (exact) mass is 380 g/mol. The van der Waals surface area contributed by atoms with Crippen molar-refractivity contribution in [2.24, 2.45) is 0 Å². The molecule has 0 radical (unpaired) electrons. The molecule has 0 aromatic carbocycles. The van der Waals surface area contributed by atoms with E-state index in [0.717, 1.165) is 0 Å². The number of rotatable bonds is 0. The summed E-state index contributed by atoms with van der Waals surface area (Å²) in [6.07, 6.45) is 4.32. The predicted molar refractivity (Wildman–Crippen MR) is 25.4 cm³/mol. The molecular weight excluding hydrogens is 382 g/mol. The van der Waals surface area contributed by atoms with Crippen LogP contribution in [-0.2, 0) is 39.0 Å². The first kappa shape index (κ1) is 22.8. The van der Waals surface area contributed by atoms with Crippen LogP contribution < -0.4 is 34.0 Å². The van der Waals surface area contributed by atoms with E-state index in [4.69, 9.17) is 0 Å². The van der Waals surface area contributed by atoms with Crippen LogP contribution in [0.5, 0.6) is 0 Å². The van der Waals surface area contributed by atoms with E-state index >= 15 is 0 Å². The summed E-state index contributed by atoms with van der Waals surface area (Å²) in [5.41, 5.74) is 4.89.